The first-order valence-corrected chi connectivity index (χ1v) is 13.1. The van der Waals surface area contributed by atoms with E-state index < -0.39 is 22.0 Å². The second kappa shape index (κ2) is 10.4. The van der Waals surface area contributed by atoms with Gasteiger partial charge in [0.2, 0.25) is 21.8 Å². The van der Waals surface area contributed by atoms with Crippen molar-refractivity contribution in [2.24, 2.45) is 0 Å². The first kappa shape index (κ1) is 24.6. The summed E-state index contributed by atoms with van der Waals surface area (Å²) in [5.74, 6) is -0.519. The minimum atomic E-state index is -4.00. The van der Waals surface area contributed by atoms with Gasteiger partial charge in [-0.1, -0.05) is 49.4 Å². The average molecular weight is 492 g/mol. The van der Waals surface area contributed by atoms with E-state index in [1.165, 1.54) is 13.0 Å². The van der Waals surface area contributed by atoms with E-state index in [0.29, 0.717) is 18.7 Å². The lowest BCUT2D eigenvalue weighted by molar-refractivity contribution is -0.118. The van der Waals surface area contributed by atoms with Gasteiger partial charge in [-0.3, -0.25) is 9.59 Å². The number of carbonyl (C=O) groups is 2. The number of carbonyl (C=O) groups excluding carboxylic acids is 2. The predicted molar refractivity (Wildman–Crippen MR) is 137 cm³/mol. The summed E-state index contributed by atoms with van der Waals surface area (Å²) in [4.78, 5) is 26.7. The molecule has 0 unspecified atom stereocenters. The number of hydrogen-bond donors (Lipinski definition) is 2. The second-order valence-electron chi connectivity index (χ2n) is 8.61. The van der Waals surface area contributed by atoms with Crippen molar-refractivity contribution in [1.82, 2.24) is 4.72 Å². The molecule has 2 N–H and O–H groups in total. The molecule has 2 amide bonds. The second-order valence-corrected chi connectivity index (χ2v) is 10.3. The van der Waals surface area contributed by atoms with Crippen LogP contribution in [0.15, 0.2) is 77.7 Å². The Morgan fingerprint density at radius 3 is 2.34 bits per heavy atom. The van der Waals surface area contributed by atoms with Gasteiger partial charge in [0.25, 0.3) is 0 Å². The monoisotopic (exact) mass is 491 g/mol. The Balaban J connectivity index is 1.58. The van der Waals surface area contributed by atoms with Crippen LogP contribution in [0.2, 0.25) is 0 Å². The molecule has 0 aliphatic carbocycles. The highest BCUT2D eigenvalue weighted by molar-refractivity contribution is 7.89. The molecule has 0 aromatic heterocycles. The number of fused-ring (bicyclic) bond motifs is 1. The standard InChI is InChI=1S/C27H29N3O4S/c1-3-20-9-11-23(12-10-20)28-27(32)25(17-21-7-5-4-6-8-21)29-35(33,34)24-13-14-26-22(18-24)15-16-30(26)19(2)31/h4-14,18,25,29H,3,15-17H2,1-2H3,(H,28,32)/t25-/m0/s1. The molecule has 4 rings (SSSR count). The van der Waals surface area contributed by atoms with E-state index in [9.17, 15) is 18.0 Å². The first-order chi connectivity index (χ1) is 16.8. The summed E-state index contributed by atoms with van der Waals surface area (Å²) in [6.07, 6.45) is 1.66. The number of sulfonamides is 1. The number of nitrogens with zero attached hydrogens (tertiary/aromatic N) is 1. The largest absolute Gasteiger partial charge is 0.325 e. The van der Waals surface area contributed by atoms with Gasteiger partial charge in [-0.15, -0.1) is 0 Å². The molecular weight excluding hydrogens is 462 g/mol. The van der Waals surface area contributed by atoms with Crippen molar-refractivity contribution >= 4 is 33.2 Å². The van der Waals surface area contributed by atoms with E-state index in [-0.39, 0.29) is 17.2 Å². The Labute approximate surface area is 206 Å². The van der Waals surface area contributed by atoms with E-state index in [4.69, 9.17) is 0 Å². The van der Waals surface area contributed by atoms with Crippen LogP contribution in [-0.2, 0) is 38.9 Å². The third kappa shape index (κ3) is 5.78. The topological polar surface area (TPSA) is 95.6 Å². The van der Waals surface area contributed by atoms with Crippen LogP contribution < -0.4 is 14.9 Å². The lowest BCUT2D eigenvalue weighted by Crippen LogP contribution is -2.45. The van der Waals surface area contributed by atoms with Gasteiger partial charge in [-0.05, 0) is 66.3 Å². The summed E-state index contributed by atoms with van der Waals surface area (Å²) in [6, 6.07) is 20.5. The fourth-order valence-electron chi connectivity index (χ4n) is 4.22. The van der Waals surface area contributed by atoms with Gasteiger partial charge in [0.1, 0.15) is 6.04 Å². The van der Waals surface area contributed by atoms with Crippen molar-refractivity contribution in [3.8, 4) is 0 Å². The highest BCUT2D eigenvalue weighted by atomic mass is 32.2. The Bertz CT molecular complexity index is 1320. The van der Waals surface area contributed by atoms with Gasteiger partial charge >= 0.3 is 0 Å². The SMILES string of the molecule is CCc1ccc(NC(=O)[C@H](Cc2ccccc2)NS(=O)(=O)c2ccc3c(c2)CCN3C(C)=O)cc1. The zero-order chi connectivity index (χ0) is 25.0. The van der Waals surface area contributed by atoms with Crippen molar-refractivity contribution in [3.63, 3.8) is 0 Å². The van der Waals surface area contributed by atoms with Gasteiger partial charge in [0.05, 0.1) is 4.90 Å². The summed E-state index contributed by atoms with van der Waals surface area (Å²) in [5.41, 5.74) is 4.10. The molecule has 35 heavy (non-hydrogen) atoms. The Morgan fingerprint density at radius 1 is 0.971 bits per heavy atom. The quantitative estimate of drug-likeness (QED) is 0.502. The summed E-state index contributed by atoms with van der Waals surface area (Å²) < 4.78 is 29.2. The van der Waals surface area contributed by atoms with Gasteiger partial charge in [0.15, 0.2) is 0 Å². The minimum absolute atomic E-state index is 0.0693. The minimum Gasteiger partial charge on any atom is -0.325 e. The molecule has 8 heteroatoms. The molecule has 1 heterocycles. The molecule has 0 spiro atoms. The molecule has 7 nitrogen and oxygen atoms in total. The molecule has 3 aromatic rings. The molecule has 0 saturated heterocycles. The number of anilines is 2. The van der Waals surface area contributed by atoms with Crippen LogP contribution in [0.3, 0.4) is 0 Å². The average Bonchev–Trinajstić information content (AvgIpc) is 3.28. The maximum Gasteiger partial charge on any atom is 0.242 e. The lowest BCUT2D eigenvalue weighted by Gasteiger charge is -2.20. The molecular formula is C27H29N3O4S. The Hall–Kier alpha value is -3.49. The van der Waals surface area contributed by atoms with Crippen molar-refractivity contribution in [2.75, 3.05) is 16.8 Å². The first-order valence-electron chi connectivity index (χ1n) is 11.6. The Morgan fingerprint density at radius 2 is 1.69 bits per heavy atom. The third-order valence-corrected chi connectivity index (χ3v) is 7.63. The molecule has 182 valence electrons. The summed E-state index contributed by atoms with van der Waals surface area (Å²) in [7, 11) is -4.00. The molecule has 1 atom stereocenters. The number of amides is 2. The zero-order valence-corrected chi connectivity index (χ0v) is 20.6. The molecule has 1 aliphatic heterocycles. The van der Waals surface area contributed by atoms with E-state index in [1.807, 2.05) is 54.6 Å². The van der Waals surface area contributed by atoms with Crippen LogP contribution in [0.5, 0.6) is 0 Å². The molecule has 0 bridgehead atoms. The van der Waals surface area contributed by atoms with Crippen LogP contribution in [0.1, 0.15) is 30.5 Å². The third-order valence-electron chi connectivity index (χ3n) is 6.16. The maximum atomic E-state index is 13.3. The van der Waals surface area contributed by atoms with Crippen LogP contribution in [0.25, 0.3) is 0 Å². The number of nitrogens with one attached hydrogen (secondary N) is 2. The molecule has 3 aromatic carbocycles. The summed E-state index contributed by atoms with van der Waals surface area (Å²) in [5, 5.41) is 2.84. The smallest absolute Gasteiger partial charge is 0.242 e. The number of benzene rings is 3. The highest BCUT2D eigenvalue weighted by Crippen LogP contribution is 2.30. The Kier molecular flexibility index (Phi) is 7.33. The number of rotatable bonds is 8. The van der Waals surface area contributed by atoms with Crippen LogP contribution in [-0.4, -0.2) is 32.8 Å². The normalized spacial score (nSPS) is 13.8. The number of hydrogen-bond acceptors (Lipinski definition) is 4. The zero-order valence-electron chi connectivity index (χ0n) is 19.8. The van der Waals surface area contributed by atoms with Gasteiger partial charge in [0, 0.05) is 24.8 Å². The van der Waals surface area contributed by atoms with Gasteiger partial charge in [-0.2, -0.15) is 4.72 Å². The van der Waals surface area contributed by atoms with Crippen molar-refractivity contribution in [3.05, 3.63) is 89.5 Å². The van der Waals surface area contributed by atoms with Crippen molar-refractivity contribution < 1.29 is 18.0 Å². The highest BCUT2D eigenvalue weighted by Gasteiger charge is 2.29. The predicted octanol–water partition coefficient (Wildman–Crippen LogP) is 3.69. The summed E-state index contributed by atoms with van der Waals surface area (Å²) in [6.45, 7) is 4.07. The van der Waals surface area contributed by atoms with E-state index in [2.05, 4.69) is 17.0 Å². The van der Waals surface area contributed by atoms with Gasteiger partial charge < -0.3 is 10.2 Å². The van der Waals surface area contributed by atoms with Crippen LogP contribution in [0.4, 0.5) is 11.4 Å². The van der Waals surface area contributed by atoms with E-state index in [0.717, 1.165) is 28.8 Å². The fourth-order valence-corrected chi connectivity index (χ4v) is 5.46. The molecule has 0 radical (unpaired) electrons. The summed E-state index contributed by atoms with van der Waals surface area (Å²) >= 11 is 0. The lowest BCUT2D eigenvalue weighted by atomic mass is 10.1. The van der Waals surface area contributed by atoms with Crippen molar-refractivity contribution in [2.45, 2.75) is 44.0 Å². The number of aryl methyl sites for hydroxylation is 1. The maximum absolute atomic E-state index is 13.3. The van der Waals surface area contributed by atoms with Crippen molar-refractivity contribution in [1.29, 1.82) is 0 Å². The van der Waals surface area contributed by atoms with Gasteiger partial charge in [-0.25, -0.2) is 8.42 Å². The van der Waals surface area contributed by atoms with Crippen LogP contribution >= 0.6 is 0 Å². The fraction of sp³-hybridized carbons (Fsp3) is 0.259. The molecule has 0 saturated carbocycles. The molecule has 0 fully saturated rings. The van der Waals surface area contributed by atoms with Crippen LogP contribution in [0, 0.1) is 0 Å². The molecule has 1 aliphatic rings. The van der Waals surface area contributed by atoms with E-state index >= 15 is 0 Å². The van der Waals surface area contributed by atoms with E-state index in [1.54, 1.807) is 17.0 Å².